The molecule has 1 N–H and O–H groups in total. The van der Waals surface area contributed by atoms with Crippen LogP contribution in [0.5, 0.6) is 11.5 Å². The van der Waals surface area contributed by atoms with Gasteiger partial charge in [0.25, 0.3) is 11.5 Å². The van der Waals surface area contributed by atoms with Crippen LogP contribution in [0.15, 0.2) is 108 Å². The zero-order valence-corrected chi connectivity index (χ0v) is 17.8. The van der Waals surface area contributed by atoms with Crippen molar-refractivity contribution >= 4 is 22.4 Å². The van der Waals surface area contributed by atoms with Crippen molar-refractivity contribution < 1.29 is 13.9 Å². The first-order valence-corrected chi connectivity index (χ1v) is 10.5. The number of ether oxygens (including phenoxy) is 1. The second kappa shape index (κ2) is 8.99. The highest BCUT2D eigenvalue weighted by atomic mass is 19.1. The average Bonchev–Trinajstić information content (AvgIpc) is 2.87. The number of hydrogen-bond donors (Lipinski definition) is 1. The van der Waals surface area contributed by atoms with Crippen molar-refractivity contribution in [3.8, 4) is 17.2 Å². The Morgan fingerprint density at radius 3 is 2.35 bits per heavy atom. The third-order valence-electron chi connectivity index (χ3n) is 5.31. The third-order valence-corrected chi connectivity index (χ3v) is 5.31. The maximum absolute atomic E-state index is 13.3. The van der Waals surface area contributed by atoms with Crippen LogP contribution in [-0.2, 0) is 0 Å². The molecule has 5 rings (SSSR count). The summed E-state index contributed by atoms with van der Waals surface area (Å²) in [4.78, 5) is 30.0. The number of carbonyl (C=O) groups is 1. The van der Waals surface area contributed by atoms with Gasteiger partial charge in [0.15, 0.2) is 0 Å². The molecule has 166 valence electrons. The number of hydrogen-bond acceptors (Lipinski definition) is 4. The van der Waals surface area contributed by atoms with Crippen LogP contribution in [0.4, 0.5) is 10.1 Å². The lowest BCUT2D eigenvalue weighted by Crippen LogP contribution is -2.27. The lowest BCUT2D eigenvalue weighted by molar-refractivity contribution is 0.102. The molecule has 0 fully saturated rings. The molecule has 0 aliphatic carbocycles. The van der Waals surface area contributed by atoms with Gasteiger partial charge in [0.1, 0.15) is 22.9 Å². The molecule has 0 radical (unpaired) electrons. The molecule has 0 saturated heterocycles. The normalized spacial score (nSPS) is 10.7. The number of fused-ring (bicyclic) bond motifs is 1. The van der Waals surface area contributed by atoms with Crippen LogP contribution in [0.25, 0.3) is 16.5 Å². The maximum atomic E-state index is 13.3. The van der Waals surface area contributed by atoms with Gasteiger partial charge in [0.2, 0.25) is 0 Å². The number of halogens is 1. The Morgan fingerprint density at radius 2 is 1.59 bits per heavy atom. The zero-order valence-electron chi connectivity index (χ0n) is 17.8. The lowest BCUT2D eigenvalue weighted by atomic mass is 10.1. The van der Waals surface area contributed by atoms with E-state index in [0.29, 0.717) is 22.9 Å². The summed E-state index contributed by atoms with van der Waals surface area (Å²) >= 11 is 0. The molecular weight excluding hydrogens is 433 g/mol. The zero-order chi connectivity index (χ0) is 23.5. The highest BCUT2D eigenvalue weighted by Crippen LogP contribution is 2.34. The summed E-state index contributed by atoms with van der Waals surface area (Å²) in [6.07, 6.45) is 4.82. The standard InChI is InChI=1S/C27H18FN3O3/c28-18-7-9-19(10-8-18)31-17-3-6-23(27(31)33)26(32)30-24-11-12-25(22-5-2-1-4-21(22)24)34-20-13-15-29-16-14-20/h1-17H,(H,30,32). The summed E-state index contributed by atoms with van der Waals surface area (Å²) in [6.45, 7) is 0. The Kier molecular flexibility index (Phi) is 5.58. The highest BCUT2D eigenvalue weighted by molar-refractivity contribution is 6.10. The quantitative estimate of drug-likeness (QED) is 0.379. The molecule has 0 aliphatic rings. The Labute approximate surface area is 193 Å². The Hall–Kier alpha value is -4.78. The monoisotopic (exact) mass is 451 g/mol. The van der Waals surface area contributed by atoms with Crippen molar-refractivity contribution in [2.45, 2.75) is 0 Å². The second-order valence-corrected chi connectivity index (χ2v) is 7.47. The summed E-state index contributed by atoms with van der Waals surface area (Å²) in [7, 11) is 0. The number of benzene rings is 3. The predicted molar refractivity (Wildman–Crippen MR) is 128 cm³/mol. The number of amides is 1. The van der Waals surface area contributed by atoms with Crippen LogP contribution >= 0.6 is 0 Å². The summed E-state index contributed by atoms with van der Waals surface area (Å²) in [6, 6.07) is 23.1. The summed E-state index contributed by atoms with van der Waals surface area (Å²) in [5.41, 5.74) is 0.463. The second-order valence-electron chi connectivity index (χ2n) is 7.47. The van der Waals surface area contributed by atoms with Gasteiger partial charge in [-0.25, -0.2) is 4.39 Å². The smallest absolute Gasteiger partial charge is 0.267 e. The Bertz CT molecular complexity index is 1550. The van der Waals surface area contributed by atoms with E-state index in [4.69, 9.17) is 4.74 Å². The van der Waals surface area contributed by atoms with Crippen LogP contribution in [0.3, 0.4) is 0 Å². The fraction of sp³-hybridized carbons (Fsp3) is 0. The molecule has 0 unspecified atom stereocenters. The largest absolute Gasteiger partial charge is 0.457 e. The Morgan fingerprint density at radius 1 is 0.853 bits per heavy atom. The minimum atomic E-state index is -0.547. The van der Waals surface area contributed by atoms with Crippen molar-refractivity contribution in [3.05, 3.63) is 125 Å². The van der Waals surface area contributed by atoms with Gasteiger partial charge in [-0.15, -0.1) is 0 Å². The first kappa shape index (κ1) is 21.1. The van der Waals surface area contributed by atoms with Crippen LogP contribution in [0, 0.1) is 5.82 Å². The molecule has 1 amide bonds. The molecular formula is C27H18FN3O3. The van der Waals surface area contributed by atoms with E-state index in [9.17, 15) is 14.0 Å². The molecule has 0 atom stereocenters. The number of nitrogens with zero attached hydrogens (tertiary/aromatic N) is 2. The van der Waals surface area contributed by atoms with E-state index in [0.717, 1.165) is 10.8 Å². The Balaban J connectivity index is 1.48. The average molecular weight is 451 g/mol. The van der Waals surface area contributed by atoms with Gasteiger partial charge >= 0.3 is 0 Å². The molecule has 6 nitrogen and oxygen atoms in total. The topological polar surface area (TPSA) is 73.2 Å². The summed E-state index contributed by atoms with van der Waals surface area (Å²) < 4.78 is 20.6. The molecule has 0 bridgehead atoms. The number of anilines is 1. The molecule has 2 heterocycles. The van der Waals surface area contributed by atoms with E-state index in [2.05, 4.69) is 10.3 Å². The first-order chi connectivity index (χ1) is 16.6. The van der Waals surface area contributed by atoms with Gasteiger partial charge in [-0.2, -0.15) is 0 Å². The molecule has 7 heteroatoms. The van der Waals surface area contributed by atoms with Crippen molar-refractivity contribution in [1.29, 1.82) is 0 Å². The number of aromatic nitrogens is 2. The van der Waals surface area contributed by atoms with Crippen molar-refractivity contribution in [3.63, 3.8) is 0 Å². The molecule has 0 aliphatic heterocycles. The van der Waals surface area contributed by atoms with Crippen LogP contribution < -0.4 is 15.6 Å². The molecule has 2 aromatic heterocycles. The van der Waals surface area contributed by atoms with Gasteiger partial charge < -0.3 is 10.1 Å². The molecule has 3 aromatic carbocycles. The minimum Gasteiger partial charge on any atom is -0.457 e. The molecule has 0 spiro atoms. The molecule has 34 heavy (non-hydrogen) atoms. The van der Waals surface area contributed by atoms with E-state index in [1.54, 1.807) is 42.7 Å². The number of carbonyl (C=O) groups excluding carboxylic acids is 1. The fourth-order valence-electron chi connectivity index (χ4n) is 3.66. The van der Waals surface area contributed by atoms with E-state index >= 15 is 0 Å². The predicted octanol–water partition coefficient (Wildman–Crippen LogP) is 5.57. The van der Waals surface area contributed by atoms with Crippen molar-refractivity contribution in [2.24, 2.45) is 0 Å². The van der Waals surface area contributed by atoms with Crippen molar-refractivity contribution in [1.82, 2.24) is 9.55 Å². The van der Waals surface area contributed by atoms with Crippen molar-refractivity contribution in [2.75, 3.05) is 5.32 Å². The number of rotatable bonds is 5. The van der Waals surface area contributed by atoms with Crippen LogP contribution in [-0.4, -0.2) is 15.5 Å². The third kappa shape index (κ3) is 4.14. The SMILES string of the molecule is O=C(Nc1ccc(Oc2ccncc2)c2ccccc12)c1cccn(-c2ccc(F)cc2)c1=O. The summed E-state index contributed by atoms with van der Waals surface area (Å²) in [5, 5.41) is 4.40. The van der Waals surface area contributed by atoms with Gasteiger partial charge in [-0.1, -0.05) is 24.3 Å². The van der Waals surface area contributed by atoms with E-state index in [1.165, 1.54) is 41.1 Å². The van der Waals surface area contributed by atoms with E-state index in [-0.39, 0.29) is 5.56 Å². The van der Waals surface area contributed by atoms with E-state index < -0.39 is 17.3 Å². The fourth-order valence-corrected chi connectivity index (χ4v) is 3.66. The number of pyridine rings is 2. The highest BCUT2D eigenvalue weighted by Gasteiger charge is 2.16. The van der Waals surface area contributed by atoms with Gasteiger partial charge in [0.05, 0.1) is 0 Å². The van der Waals surface area contributed by atoms with Gasteiger partial charge in [0, 0.05) is 40.7 Å². The summed E-state index contributed by atoms with van der Waals surface area (Å²) in [5.74, 6) is 0.309. The molecule has 0 saturated carbocycles. The van der Waals surface area contributed by atoms with Gasteiger partial charge in [-0.3, -0.25) is 19.1 Å². The lowest BCUT2D eigenvalue weighted by Gasteiger charge is -2.13. The first-order valence-electron chi connectivity index (χ1n) is 10.5. The minimum absolute atomic E-state index is 0.0342. The van der Waals surface area contributed by atoms with E-state index in [1.807, 2.05) is 24.3 Å². The van der Waals surface area contributed by atoms with Gasteiger partial charge in [-0.05, 0) is 60.7 Å². The van der Waals surface area contributed by atoms with Crippen LogP contribution in [0.2, 0.25) is 0 Å². The maximum Gasteiger partial charge on any atom is 0.267 e. The number of nitrogens with one attached hydrogen (secondary N) is 1. The molecule has 5 aromatic rings. The van der Waals surface area contributed by atoms with Crippen LogP contribution in [0.1, 0.15) is 10.4 Å².